The Balaban J connectivity index is 0.00000300. The summed E-state index contributed by atoms with van der Waals surface area (Å²) in [6, 6.07) is 8.19. The van der Waals surface area contributed by atoms with Gasteiger partial charge in [0, 0.05) is 44.5 Å². The van der Waals surface area contributed by atoms with Crippen LogP contribution in [0.3, 0.4) is 0 Å². The van der Waals surface area contributed by atoms with E-state index in [4.69, 9.17) is 14.5 Å². The van der Waals surface area contributed by atoms with Crippen molar-refractivity contribution in [3.63, 3.8) is 0 Å². The zero-order valence-corrected chi connectivity index (χ0v) is 20.5. The van der Waals surface area contributed by atoms with Gasteiger partial charge in [0.25, 0.3) is 0 Å². The Hall–Kier alpha value is -1.06. The first-order valence-corrected chi connectivity index (χ1v) is 10.6. The highest BCUT2D eigenvalue weighted by molar-refractivity contribution is 14.0. The Bertz CT molecular complexity index is 643. The number of benzene rings is 1. The second-order valence-corrected chi connectivity index (χ2v) is 7.87. The molecule has 0 saturated carbocycles. The maximum Gasteiger partial charge on any atom is 0.194 e. The predicted molar refractivity (Wildman–Crippen MR) is 129 cm³/mol. The minimum absolute atomic E-state index is 0. The summed E-state index contributed by atoms with van der Waals surface area (Å²) in [6.07, 6.45) is 4.76. The molecule has 2 heterocycles. The summed E-state index contributed by atoms with van der Waals surface area (Å²) >= 11 is 0. The number of halogens is 1. The number of aliphatic imine (C=N–C) groups is 1. The number of ether oxygens (including phenoxy) is 2. The summed E-state index contributed by atoms with van der Waals surface area (Å²) in [6.45, 7) is 8.65. The second-order valence-electron chi connectivity index (χ2n) is 7.87. The molecule has 2 fully saturated rings. The van der Waals surface area contributed by atoms with Crippen molar-refractivity contribution in [2.75, 3.05) is 53.6 Å². The van der Waals surface area contributed by atoms with E-state index in [0.29, 0.717) is 0 Å². The molecule has 6 nitrogen and oxygen atoms in total. The molecule has 29 heavy (non-hydrogen) atoms. The smallest absolute Gasteiger partial charge is 0.194 e. The normalized spacial score (nSPS) is 19.5. The first-order valence-electron chi connectivity index (χ1n) is 10.6. The van der Waals surface area contributed by atoms with Gasteiger partial charge in [0.2, 0.25) is 0 Å². The van der Waals surface area contributed by atoms with Crippen molar-refractivity contribution in [1.29, 1.82) is 0 Å². The maximum absolute atomic E-state index is 5.68. The van der Waals surface area contributed by atoms with Crippen molar-refractivity contribution in [3.05, 3.63) is 29.8 Å². The summed E-state index contributed by atoms with van der Waals surface area (Å²) in [5.74, 6) is 1.88. The molecule has 2 saturated heterocycles. The fourth-order valence-corrected chi connectivity index (χ4v) is 4.37. The number of guanidine groups is 1. The summed E-state index contributed by atoms with van der Waals surface area (Å²) in [5, 5.41) is 3.47. The SMILES string of the molecule is CCNC(=NCC1(N2CCCC2)CCOCC1)N(C)Cc1ccccc1OC.I. The third-order valence-electron chi connectivity index (χ3n) is 6.02. The number of hydrogen-bond acceptors (Lipinski definition) is 4. The monoisotopic (exact) mass is 516 g/mol. The molecule has 1 N–H and O–H groups in total. The lowest BCUT2D eigenvalue weighted by Crippen LogP contribution is -2.54. The van der Waals surface area contributed by atoms with Gasteiger partial charge < -0.3 is 19.7 Å². The summed E-state index contributed by atoms with van der Waals surface area (Å²) in [5.41, 5.74) is 1.32. The zero-order chi connectivity index (χ0) is 19.8. The van der Waals surface area contributed by atoms with Gasteiger partial charge in [-0.3, -0.25) is 9.89 Å². The summed E-state index contributed by atoms with van der Waals surface area (Å²) in [4.78, 5) is 9.96. The van der Waals surface area contributed by atoms with Crippen LogP contribution >= 0.6 is 24.0 Å². The van der Waals surface area contributed by atoms with E-state index >= 15 is 0 Å². The molecule has 0 aromatic heterocycles. The quantitative estimate of drug-likeness (QED) is 0.342. The van der Waals surface area contributed by atoms with Gasteiger partial charge in [-0.1, -0.05) is 18.2 Å². The van der Waals surface area contributed by atoms with E-state index in [-0.39, 0.29) is 29.5 Å². The molecule has 0 bridgehead atoms. The number of methoxy groups -OCH3 is 1. The van der Waals surface area contributed by atoms with E-state index in [2.05, 4.69) is 41.2 Å². The zero-order valence-electron chi connectivity index (χ0n) is 18.2. The molecule has 0 radical (unpaired) electrons. The molecule has 3 rings (SSSR count). The van der Waals surface area contributed by atoms with Crippen molar-refractivity contribution in [2.24, 2.45) is 4.99 Å². The lowest BCUT2D eigenvalue weighted by atomic mass is 9.88. The van der Waals surface area contributed by atoms with E-state index in [0.717, 1.165) is 57.4 Å². The molecule has 0 aliphatic carbocycles. The van der Waals surface area contributed by atoms with E-state index in [1.54, 1.807) is 7.11 Å². The highest BCUT2D eigenvalue weighted by Gasteiger charge is 2.39. The third-order valence-corrected chi connectivity index (χ3v) is 6.02. The van der Waals surface area contributed by atoms with Crippen LogP contribution in [-0.4, -0.2) is 74.8 Å². The highest BCUT2D eigenvalue weighted by atomic mass is 127. The maximum atomic E-state index is 5.68. The van der Waals surface area contributed by atoms with Crippen molar-refractivity contribution >= 4 is 29.9 Å². The number of hydrogen-bond donors (Lipinski definition) is 1. The van der Waals surface area contributed by atoms with Crippen LogP contribution in [0.2, 0.25) is 0 Å². The van der Waals surface area contributed by atoms with Crippen molar-refractivity contribution < 1.29 is 9.47 Å². The van der Waals surface area contributed by atoms with E-state index in [1.165, 1.54) is 31.5 Å². The first kappa shape index (κ1) is 24.2. The van der Waals surface area contributed by atoms with Gasteiger partial charge in [0.1, 0.15) is 5.75 Å². The Morgan fingerprint density at radius 3 is 2.59 bits per heavy atom. The average Bonchev–Trinajstić information content (AvgIpc) is 3.28. The molecular formula is C22H37IN4O2. The van der Waals surface area contributed by atoms with Gasteiger partial charge in [0.15, 0.2) is 5.96 Å². The Morgan fingerprint density at radius 2 is 1.93 bits per heavy atom. The molecule has 164 valence electrons. The molecule has 0 amide bonds. The minimum Gasteiger partial charge on any atom is -0.496 e. The van der Waals surface area contributed by atoms with Gasteiger partial charge >= 0.3 is 0 Å². The van der Waals surface area contributed by atoms with Gasteiger partial charge in [0.05, 0.1) is 13.7 Å². The molecule has 2 aliphatic rings. The second kappa shape index (κ2) is 12.0. The molecule has 0 atom stereocenters. The molecule has 0 unspecified atom stereocenters. The Kier molecular flexibility index (Phi) is 9.98. The fourth-order valence-electron chi connectivity index (χ4n) is 4.37. The summed E-state index contributed by atoms with van der Waals surface area (Å²) in [7, 11) is 3.82. The number of nitrogens with zero attached hydrogens (tertiary/aromatic N) is 3. The van der Waals surface area contributed by atoms with Crippen molar-refractivity contribution in [2.45, 2.75) is 44.7 Å². The highest BCUT2D eigenvalue weighted by Crippen LogP contribution is 2.31. The molecule has 1 aromatic rings. The third kappa shape index (κ3) is 6.21. The Morgan fingerprint density at radius 1 is 1.24 bits per heavy atom. The van der Waals surface area contributed by atoms with Gasteiger partial charge in [-0.05, 0) is 51.8 Å². The molecule has 2 aliphatic heterocycles. The molecule has 7 heteroatoms. The molecule has 0 spiro atoms. The van der Waals surface area contributed by atoms with Crippen LogP contribution in [0, 0.1) is 0 Å². The van der Waals surface area contributed by atoms with Crippen LogP contribution < -0.4 is 10.1 Å². The summed E-state index contributed by atoms with van der Waals surface area (Å²) < 4.78 is 11.2. The standard InChI is InChI=1S/C22H36N4O2.HI/c1-4-23-21(25(2)17-19-9-5-6-10-20(19)27-3)24-18-22(11-15-28-16-12-22)26-13-7-8-14-26;/h5-6,9-10H,4,7-8,11-18H2,1-3H3,(H,23,24);1H. The minimum atomic E-state index is 0. The molecular weight excluding hydrogens is 479 g/mol. The van der Waals surface area contributed by atoms with Gasteiger partial charge in [-0.2, -0.15) is 0 Å². The topological polar surface area (TPSA) is 49.3 Å². The molecule has 1 aromatic carbocycles. The Labute approximate surface area is 193 Å². The van der Waals surface area contributed by atoms with Crippen LogP contribution in [-0.2, 0) is 11.3 Å². The number of likely N-dealkylation sites (tertiary alicyclic amines) is 1. The van der Waals surface area contributed by atoms with E-state index < -0.39 is 0 Å². The van der Waals surface area contributed by atoms with Crippen LogP contribution in [0.1, 0.15) is 38.2 Å². The van der Waals surface area contributed by atoms with Crippen LogP contribution in [0.15, 0.2) is 29.3 Å². The number of nitrogens with one attached hydrogen (secondary N) is 1. The van der Waals surface area contributed by atoms with Gasteiger partial charge in [-0.25, -0.2) is 0 Å². The number of rotatable bonds is 7. The lowest BCUT2D eigenvalue weighted by Gasteiger charge is -2.43. The van der Waals surface area contributed by atoms with E-state index in [9.17, 15) is 0 Å². The van der Waals surface area contributed by atoms with E-state index in [1.807, 2.05) is 12.1 Å². The number of para-hydroxylation sites is 1. The van der Waals surface area contributed by atoms with Crippen LogP contribution in [0.5, 0.6) is 5.75 Å². The van der Waals surface area contributed by atoms with Crippen molar-refractivity contribution in [1.82, 2.24) is 15.1 Å². The van der Waals surface area contributed by atoms with Crippen LogP contribution in [0.4, 0.5) is 0 Å². The lowest BCUT2D eigenvalue weighted by molar-refractivity contribution is -0.0139. The first-order chi connectivity index (χ1) is 13.7. The average molecular weight is 516 g/mol. The predicted octanol–water partition coefficient (Wildman–Crippen LogP) is 3.36. The van der Waals surface area contributed by atoms with Crippen LogP contribution in [0.25, 0.3) is 0 Å². The van der Waals surface area contributed by atoms with Gasteiger partial charge in [-0.15, -0.1) is 24.0 Å². The largest absolute Gasteiger partial charge is 0.496 e. The van der Waals surface area contributed by atoms with Crippen molar-refractivity contribution in [3.8, 4) is 5.75 Å². The fraction of sp³-hybridized carbons (Fsp3) is 0.682.